The molecule has 1 aromatic heterocycles. The van der Waals surface area contributed by atoms with Gasteiger partial charge in [-0.25, -0.2) is 0 Å². The average Bonchev–Trinajstić information content (AvgIpc) is 3.08. The molecule has 112 valence electrons. The van der Waals surface area contributed by atoms with Crippen LogP contribution in [0, 0.1) is 0 Å². The lowest BCUT2D eigenvalue weighted by molar-refractivity contribution is 0.627. The SMILES string of the molecule is CCc1nn(CC)c(CSc2ccc3c(c2)CCC3)c1Br. The van der Waals surface area contributed by atoms with Crippen LogP contribution < -0.4 is 0 Å². The largest absolute Gasteiger partial charge is 0.268 e. The second-order valence-corrected chi connectivity index (χ2v) is 7.29. The number of hydrogen-bond acceptors (Lipinski definition) is 2. The molecule has 1 aliphatic rings. The van der Waals surface area contributed by atoms with Crippen LogP contribution in [0.15, 0.2) is 27.6 Å². The normalized spacial score (nSPS) is 13.7. The fourth-order valence-electron chi connectivity index (χ4n) is 2.94. The van der Waals surface area contributed by atoms with Crippen LogP contribution in [0.2, 0.25) is 0 Å². The molecule has 0 fully saturated rings. The van der Waals surface area contributed by atoms with Crippen molar-refractivity contribution in [2.24, 2.45) is 0 Å². The highest BCUT2D eigenvalue weighted by molar-refractivity contribution is 9.10. The summed E-state index contributed by atoms with van der Waals surface area (Å²) in [6, 6.07) is 6.97. The van der Waals surface area contributed by atoms with Gasteiger partial charge < -0.3 is 0 Å². The Morgan fingerprint density at radius 3 is 2.81 bits per heavy atom. The third kappa shape index (κ3) is 3.07. The van der Waals surface area contributed by atoms with Crippen molar-refractivity contribution in [3.63, 3.8) is 0 Å². The van der Waals surface area contributed by atoms with E-state index < -0.39 is 0 Å². The van der Waals surface area contributed by atoms with Crippen molar-refractivity contribution in [1.29, 1.82) is 0 Å². The first-order valence-corrected chi connectivity index (χ1v) is 9.49. The van der Waals surface area contributed by atoms with Gasteiger partial charge in [0.2, 0.25) is 0 Å². The van der Waals surface area contributed by atoms with Crippen LogP contribution in [0.1, 0.15) is 42.8 Å². The summed E-state index contributed by atoms with van der Waals surface area (Å²) in [5, 5.41) is 4.67. The molecule has 2 nitrogen and oxygen atoms in total. The zero-order valence-corrected chi connectivity index (χ0v) is 15.1. The maximum absolute atomic E-state index is 4.67. The van der Waals surface area contributed by atoms with Gasteiger partial charge in [0.25, 0.3) is 0 Å². The number of halogens is 1. The molecule has 0 radical (unpaired) electrons. The average molecular weight is 365 g/mol. The number of benzene rings is 1. The number of aromatic nitrogens is 2. The fourth-order valence-corrected chi connectivity index (χ4v) is 4.82. The van der Waals surface area contributed by atoms with Crippen LogP contribution in [0.25, 0.3) is 0 Å². The fraction of sp³-hybridized carbons (Fsp3) is 0.471. The van der Waals surface area contributed by atoms with Gasteiger partial charge in [0.15, 0.2) is 0 Å². The Balaban J connectivity index is 1.77. The minimum atomic E-state index is 0.929. The smallest absolute Gasteiger partial charge is 0.0767 e. The van der Waals surface area contributed by atoms with Crippen molar-refractivity contribution in [3.8, 4) is 0 Å². The monoisotopic (exact) mass is 364 g/mol. The summed E-state index contributed by atoms with van der Waals surface area (Å²) in [5.74, 6) is 0.972. The molecule has 0 aliphatic heterocycles. The molecule has 1 heterocycles. The van der Waals surface area contributed by atoms with Crippen LogP contribution >= 0.6 is 27.7 Å². The summed E-state index contributed by atoms with van der Waals surface area (Å²) in [6.07, 6.45) is 4.80. The molecule has 0 N–H and O–H groups in total. The van der Waals surface area contributed by atoms with Crippen LogP contribution in [-0.2, 0) is 31.6 Å². The van der Waals surface area contributed by atoms with Gasteiger partial charge in [-0.1, -0.05) is 13.0 Å². The molecule has 1 aromatic carbocycles. The molecule has 0 amide bonds. The Kier molecular flexibility index (Phi) is 4.75. The lowest BCUT2D eigenvalue weighted by atomic mass is 10.1. The molecule has 21 heavy (non-hydrogen) atoms. The van der Waals surface area contributed by atoms with E-state index >= 15 is 0 Å². The van der Waals surface area contributed by atoms with Gasteiger partial charge in [0, 0.05) is 17.2 Å². The van der Waals surface area contributed by atoms with E-state index in [1.165, 1.54) is 40.0 Å². The van der Waals surface area contributed by atoms with Crippen molar-refractivity contribution in [1.82, 2.24) is 9.78 Å². The van der Waals surface area contributed by atoms with Crippen LogP contribution in [0.3, 0.4) is 0 Å². The minimum absolute atomic E-state index is 0.929. The second kappa shape index (κ2) is 6.57. The maximum atomic E-state index is 4.67. The molecule has 0 saturated carbocycles. The van der Waals surface area contributed by atoms with E-state index in [4.69, 9.17) is 0 Å². The molecule has 2 aromatic rings. The van der Waals surface area contributed by atoms with Crippen LogP contribution in [0.5, 0.6) is 0 Å². The van der Waals surface area contributed by atoms with E-state index in [1.807, 2.05) is 11.8 Å². The van der Waals surface area contributed by atoms with Gasteiger partial charge >= 0.3 is 0 Å². The minimum Gasteiger partial charge on any atom is -0.268 e. The van der Waals surface area contributed by atoms with Gasteiger partial charge in [-0.15, -0.1) is 11.8 Å². The van der Waals surface area contributed by atoms with Crippen LogP contribution in [-0.4, -0.2) is 9.78 Å². The molecule has 0 spiro atoms. The number of hydrogen-bond donors (Lipinski definition) is 0. The molecule has 0 atom stereocenters. The summed E-state index contributed by atoms with van der Waals surface area (Å²) in [6.45, 7) is 5.24. The number of thioether (sulfide) groups is 1. The Bertz CT molecular complexity index is 648. The highest BCUT2D eigenvalue weighted by atomic mass is 79.9. The predicted octanol–water partition coefficient (Wildman–Crippen LogP) is 5.01. The van der Waals surface area contributed by atoms with E-state index in [-0.39, 0.29) is 0 Å². The zero-order chi connectivity index (χ0) is 14.8. The molecule has 0 unspecified atom stereocenters. The van der Waals surface area contributed by atoms with Crippen molar-refractivity contribution >= 4 is 27.7 Å². The third-order valence-corrected chi connectivity index (χ3v) is 6.06. The first kappa shape index (κ1) is 15.2. The van der Waals surface area contributed by atoms with Crippen LogP contribution in [0.4, 0.5) is 0 Å². The van der Waals surface area contributed by atoms with Crippen molar-refractivity contribution in [2.75, 3.05) is 0 Å². The van der Waals surface area contributed by atoms with Crippen molar-refractivity contribution < 1.29 is 0 Å². The summed E-state index contributed by atoms with van der Waals surface area (Å²) in [7, 11) is 0. The molecule has 1 aliphatic carbocycles. The quantitative estimate of drug-likeness (QED) is 0.694. The van der Waals surface area contributed by atoms with E-state index in [0.29, 0.717) is 0 Å². The number of rotatable bonds is 5. The van der Waals surface area contributed by atoms with E-state index in [0.717, 1.165) is 18.7 Å². The van der Waals surface area contributed by atoms with Crippen molar-refractivity contribution in [2.45, 2.75) is 56.7 Å². The van der Waals surface area contributed by atoms with Gasteiger partial charge in [0.1, 0.15) is 0 Å². The molecule has 3 rings (SSSR count). The topological polar surface area (TPSA) is 17.8 Å². The standard InChI is InChI=1S/C17H21BrN2S/c1-3-15-17(18)16(20(4-2)19-15)11-21-14-9-8-12-6-5-7-13(12)10-14/h8-10H,3-7,11H2,1-2H3. The summed E-state index contributed by atoms with van der Waals surface area (Å²) in [5.41, 5.74) is 5.57. The third-order valence-electron chi connectivity index (χ3n) is 4.14. The zero-order valence-electron chi connectivity index (χ0n) is 12.7. The first-order chi connectivity index (χ1) is 10.2. The number of fused-ring (bicyclic) bond motifs is 1. The van der Waals surface area contributed by atoms with Gasteiger partial charge in [-0.05, 0) is 71.8 Å². The van der Waals surface area contributed by atoms with Gasteiger partial charge in [-0.2, -0.15) is 5.10 Å². The lowest BCUT2D eigenvalue weighted by Crippen LogP contribution is -2.01. The summed E-state index contributed by atoms with van der Waals surface area (Å²) >= 11 is 5.65. The van der Waals surface area contributed by atoms with Crippen molar-refractivity contribution in [3.05, 3.63) is 45.2 Å². The molecular weight excluding hydrogens is 344 g/mol. The van der Waals surface area contributed by atoms with E-state index in [9.17, 15) is 0 Å². The Labute approximate surface area is 139 Å². The van der Waals surface area contributed by atoms with Gasteiger partial charge in [0.05, 0.1) is 15.9 Å². The summed E-state index contributed by atoms with van der Waals surface area (Å²) < 4.78 is 3.32. The Hall–Kier alpha value is -0.740. The lowest BCUT2D eigenvalue weighted by Gasteiger charge is -2.07. The number of nitrogens with zero attached hydrogens (tertiary/aromatic N) is 2. The predicted molar refractivity (Wildman–Crippen MR) is 93.0 cm³/mol. The molecular formula is C17H21BrN2S. The molecule has 4 heteroatoms. The Morgan fingerprint density at radius 1 is 1.24 bits per heavy atom. The molecule has 0 bridgehead atoms. The van der Waals surface area contributed by atoms with E-state index in [2.05, 4.69) is 57.8 Å². The highest BCUT2D eigenvalue weighted by Crippen LogP contribution is 2.32. The summed E-state index contributed by atoms with van der Waals surface area (Å²) in [4.78, 5) is 1.38. The molecule has 0 saturated heterocycles. The number of aryl methyl sites for hydroxylation is 4. The highest BCUT2D eigenvalue weighted by Gasteiger charge is 2.15. The second-order valence-electron chi connectivity index (χ2n) is 5.45. The van der Waals surface area contributed by atoms with Gasteiger partial charge in [-0.3, -0.25) is 4.68 Å². The van der Waals surface area contributed by atoms with E-state index in [1.54, 1.807) is 11.1 Å². The Morgan fingerprint density at radius 2 is 2.05 bits per heavy atom. The first-order valence-electron chi connectivity index (χ1n) is 7.71. The maximum Gasteiger partial charge on any atom is 0.0767 e.